The molecule has 1 aliphatic rings. The van der Waals surface area contributed by atoms with Crippen molar-refractivity contribution in [1.29, 1.82) is 0 Å². The van der Waals surface area contributed by atoms with Gasteiger partial charge in [0.15, 0.2) is 0 Å². The third kappa shape index (κ3) is 3.64. The van der Waals surface area contributed by atoms with Gasteiger partial charge in [0.05, 0.1) is 12.8 Å². The fraction of sp³-hybridized carbons (Fsp3) is 0.150. The Morgan fingerprint density at radius 2 is 1.78 bits per heavy atom. The second kappa shape index (κ2) is 7.36. The summed E-state index contributed by atoms with van der Waals surface area (Å²) in [6.45, 7) is 3.71. The van der Waals surface area contributed by atoms with Gasteiger partial charge >= 0.3 is 6.03 Å². The molecule has 27 heavy (non-hydrogen) atoms. The van der Waals surface area contributed by atoms with E-state index >= 15 is 0 Å². The minimum atomic E-state index is -0.769. The lowest BCUT2D eigenvalue weighted by atomic mass is 10.0. The minimum absolute atomic E-state index is 0.111. The van der Waals surface area contributed by atoms with E-state index in [-0.39, 0.29) is 5.57 Å². The molecule has 0 radical (unpaired) electrons. The molecule has 1 fully saturated rings. The van der Waals surface area contributed by atoms with Crippen molar-refractivity contribution in [2.75, 3.05) is 12.0 Å². The molecule has 2 aromatic carbocycles. The molecule has 1 heterocycles. The van der Waals surface area contributed by atoms with E-state index < -0.39 is 17.8 Å². The molecular formula is C20H17BrN2O4. The highest BCUT2D eigenvalue weighted by Gasteiger charge is 2.36. The molecule has 0 bridgehead atoms. The maximum Gasteiger partial charge on any atom is 0.335 e. The highest BCUT2D eigenvalue weighted by Crippen LogP contribution is 2.27. The fourth-order valence-corrected chi connectivity index (χ4v) is 3.06. The second-order valence-electron chi connectivity index (χ2n) is 6.12. The summed E-state index contributed by atoms with van der Waals surface area (Å²) in [5, 5.41) is 2.22. The molecule has 0 spiro atoms. The lowest BCUT2D eigenvalue weighted by Gasteiger charge is -2.26. The largest absolute Gasteiger partial charge is 0.496 e. The maximum atomic E-state index is 12.9. The molecule has 4 amide bonds. The lowest BCUT2D eigenvalue weighted by molar-refractivity contribution is -0.122. The summed E-state index contributed by atoms with van der Waals surface area (Å²) < 4.78 is 6.08. The fourth-order valence-electron chi connectivity index (χ4n) is 2.82. The van der Waals surface area contributed by atoms with Crippen LogP contribution in [0.3, 0.4) is 0 Å². The Bertz CT molecular complexity index is 997. The van der Waals surface area contributed by atoms with Crippen LogP contribution in [-0.2, 0) is 9.59 Å². The van der Waals surface area contributed by atoms with Gasteiger partial charge in [0.1, 0.15) is 11.3 Å². The number of carbonyl (C=O) groups is 3. The molecule has 1 N–H and O–H groups in total. The summed E-state index contributed by atoms with van der Waals surface area (Å²) in [5.74, 6) is -0.679. The molecule has 7 heteroatoms. The number of urea groups is 1. The molecule has 1 saturated heterocycles. The molecule has 138 valence electrons. The first-order valence-electron chi connectivity index (χ1n) is 8.14. The van der Waals surface area contributed by atoms with Crippen molar-refractivity contribution in [1.82, 2.24) is 5.32 Å². The summed E-state index contributed by atoms with van der Waals surface area (Å²) in [4.78, 5) is 38.4. The van der Waals surface area contributed by atoms with Crippen molar-refractivity contribution in [3.63, 3.8) is 0 Å². The molecule has 0 saturated carbocycles. The number of imide groups is 2. The Morgan fingerprint density at radius 3 is 2.41 bits per heavy atom. The highest BCUT2D eigenvalue weighted by atomic mass is 79.9. The average molecular weight is 429 g/mol. The van der Waals surface area contributed by atoms with Gasteiger partial charge in [-0.3, -0.25) is 14.9 Å². The van der Waals surface area contributed by atoms with Crippen LogP contribution in [0.5, 0.6) is 5.75 Å². The van der Waals surface area contributed by atoms with E-state index in [0.29, 0.717) is 17.0 Å². The third-order valence-electron chi connectivity index (χ3n) is 4.23. The molecule has 0 aromatic heterocycles. The van der Waals surface area contributed by atoms with Crippen molar-refractivity contribution in [2.45, 2.75) is 13.8 Å². The van der Waals surface area contributed by atoms with Crippen LogP contribution in [0.25, 0.3) is 6.08 Å². The third-order valence-corrected chi connectivity index (χ3v) is 5.12. The second-order valence-corrected chi connectivity index (χ2v) is 6.97. The summed E-state index contributed by atoms with van der Waals surface area (Å²) in [6.07, 6.45) is 1.47. The van der Waals surface area contributed by atoms with E-state index in [2.05, 4.69) is 21.2 Å². The topological polar surface area (TPSA) is 75.7 Å². The van der Waals surface area contributed by atoms with Gasteiger partial charge in [-0.15, -0.1) is 0 Å². The number of methoxy groups -OCH3 is 1. The number of aryl methyl sites for hydroxylation is 2. The van der Waals surface area contributed by atoms with Gasteiger partial charge in [0.2, 0.25) is 0 Å². The maximum absolute atomic E-state index is 12.9. The SMILES string of the molecule is COc1ccc(/C=C2\C(=O)NC(=O)N(c3ccc(Br)c(C)c3)C2=O)cc1C. The van der Waals surface area contributed by atoms with Crippen molar-refractivity contribution in [2.24, 2.45) is 0 Å². The molecule has 6 nitrogen and oxygen atoms in total. The van der Waals surface area contributed by atoms with Crippen LogP contribution < -0.4 is 15.0 Å². The Hall–Kier alpha value is -2.93. The average Bonchev–Trinajstić information content (AvgIpc) is 2.61. The van der Waals surface area contributed by atoms with Crippen LogP contribution in [0.15, 0.2) is 46.4 Å². The highest BCUT2D eigenvalue weighted by molar-refractivity contribution is 9.10. The summed E-state index contributed by atoms with van der Waals surface area (Å²) in [6, 6.07) is 9.62. The zero-order valence-electron chi connectivity index (χ0n) is 15.0. The zero-order valence-corrected chi connectivity index (χ0v) is 16.6. The Balaban J connectivity index is 2.01. The van der Waals surface area contributed by atoms with Crippen molar-refractivity contribution in [3.05, 3.63) is 63.1 Å². The number of ether oxygens (including phenoxy) is 1. The smallest absolute Gasteiger partial charge is 0.335 e. The molecule has 0 atom stereocenters. The van der Waals surface area contributed by atoms with E-state index in [1.165, 1.54) is 6.08 Å². The molecular weight excluding hydrogens is 412 g/mol. The molecule has 2 aromatic rings. The molecule has 1 aliphatic heterocycles. The van der Waals surface area contributed by atoms with Crippen LogP contribution in [0.1, 0.15) is 16.7 Å². The predicted octanol–water partition coefficient (Wildman–Crippen LogP) is 3.74. The number of anilines is 1. The van der Waals surface area contributed by atoms with Crippen LogP contribution in [0.4, 0.5) is 10.5 Å². The van der Waals surface area contributed by atoms with Crippen LogP contribution in [0.2, 0.25) is 0 Å². The van der Waals surface area contributed by atoms with E-state index in [0.717, 1.165) is 20.5 Å². The molecule has 0 unspecified atom stereocenters. The number of carbonyl (C=O) groups excluding carboxylic acids is 3. The van der Waals surface area contributed by atoms with Gasteiger partial charge in [-0.25, -0.2) is 9.69 Å². The van der Waals surface area contributed by atoms with Gasteiger partial charge in [-0.2, -0.15) is 0 Å². The van der Waals surface area contributed by atoms with E-state index in [4.69, 9.17) is 4.74 Å². The number of barbiturate groups is 1. The minimum Gasteiger partial charge on any atom is -0.496 e. The van der Waals surface area contributed by atoms with Crippen LogP contribution in [0, 0.1) is 13.8 Å². The first-order chi connectivity index (χ1) is 12.8. The van der Waals surface area contributed by atoms with Gasteiger partial charge in [-0.1, -0.05) is 22.0 Å². The number of hydrogen-bond donors (Lipinski definition) is 1. The Morgan fingerprint density at radius 1 is 1.04 bits per heavy atom. The van der Waals surface area contributed by atoms with Gasteiger partial charge in [0, 0.05) is 4.47 Å². The number of amides is 4. The predicted molar refractivity (Wildman–Crippen MR) is 106 cm³/mol. The van der Waals surface area contributed by atoms with E-state index in [9.17, 15) is 14.4 Å². The number of nitrogens with one attached hydrogen (secondary N) is 1. The van der Waals surface area contributed by atoms with Crippen molar-refractivity contribution >= 4 is 45.5 Å². The van der Waals surface area contributed by atoms with Crippen molar-refractivity contribution < 1.29 is 19.1 Å². The van der Waals surface area contributed by atoms with Crippen LogP contribution in [-0.4, -0.2) is 25.0 Å². The number of nitrogens with zero attached hydrogens (tertiary/aromatic N) is 1. The van der Waals surface area contributed by atoms with Gasteiger partial charge < -0.3 is 4.74 Å². The molecule has 0 aliphatic carbocycles. The van der Waals surface area contributed by atoms with Crippen LogP contribution >= 0.6 is 15.9 Å². The number of hydrogen-bond acceptors (Lipinski definition) is 4. The van der Waals surface area contributed by atoms with E-state index in [1.807, 2.05) is 13.8 Å². The monoisotopic (exact) mass is 428 g/mol. The number of benzene rings is 2. The standard InChI is InChI=1S/C20H17BrN2O4/c1-11-9-14(5-6-16(11)21)23-19(25)15(18(24)22-20(23)26)10-13-4-7-17(27-3)12(2)8-13/h4-10H,1-3H3,(H,22,24,26)/b15-10+. The van der Waals surface area contributed by atoms with Crippen molar-refractivity contribution in [3.8, 4) is 5.75 Å². The zero-order chi connectivity index (χ0) is 19.7. The Kier molecular flexibility index (Phi) is 5.14. The summed E-state index contributed by atoms with van der Waals surface area (Å²) in [5.41, 5.74) is 2.67. The number of rotatable bonds is 3. The first-order valence-corrected chi connectivity index (χ1v) is 8.93. The lowest BCUT2D eigenvalue weighted by Crippen LogP contribution is -2.54. The van der Waals surface area contributed by atoms with E-state index in [1.54, 1.807) is 43.5 Å². The van der Waals surface area contributed by atoms with Gasteiger partial charge in [0.25, 0.3) is 11.8 Å². The summed E-state index contributed by atoms with van der Waals surface area (Å²) >= 11 is 3.39. The normalized spacial score (nSPS) is 15.9. The van der Waals surface area contributed by atoms with Gasteiger partial charge in [-0.05, 0) is 66.9 Å². The molecule has 3 rings (SSSR count). The quantitative estimate of drug-likeness (QED) is 0.596. The first kappa shape index (κ1) is 18.8. The Labute approximate surface area is 164 Å². The summed E-state index contributed by atoms with van der Waals surface area (Å²) in [7, 11) is 1.57. The number of halogens is 1.